The summed E-state index contributed by atoms with van der Waals surface area (Å²) >= 11 is 0. The van der Waals surface area contributed by atoms with E-state index in [9.17, 15) is 12.8 Å². The van der Waals surface area contributed by atoms with Crippen LogP contribution in [0.5, 0.6) is 5.75 Å². The first-order valence-electron chi connectivity index (χ1n) is 8.45. The fourth-order valence-corrected chi connectivity index (χ4v) is 3.26. The molecule has 1 aromatic carbocycles. The van der Waals surface area contributed by atoms with Gasteiger partial charge in [-0.15, -0.1) is 24.0 Å². The highest BCUT2D eigenvalue weighted by atomic mass is 127. The molecule has 0 spiro atoms. The summed E-state index contributed by atoms with van der Waals surface area (Å²) < 4.78 is 44.5. The molecule has 0 aliphatic carbocycles. The van der Waals surface area contributed by atoms with Gasteiger partial charge in [0.15, 0.2) is 17.5 Å². The number of benzene rings is 1. The van der Waals surface area contributed by atoms with E-state index in [0.717, 1.165) is 6.26 Å². The number of guanidine groups is 1. The van der Waals surface area contributed by atoms with Gasteiger partial charge in [0.2, 0.25) is 10.0 Å². The molecular formula is C17H30FIN4O3S. The molecule has 0 saturated carbocycles. The maximum absolute atomic E-state index is 13.6. The molecule has 1 aromatic rings. The van der Waals surface area contributed by atoms with Crippen LogP contribution >= 0.6 is 24.0 Å². The molecule has 7 nitrogen and oxygen atoms in total. The average Bonchev–Trinajstić information content (AvgIpc) is 2.50. The van der Waals surface area contributed by atoms with Crippen molar-refractivity contribution >= 4 is 40.0 Å². The van der Waals surface area contributed by atoms with Crippen LogP contribution in [0.1, 0.15) is 27.7 Å². The van der Waals surface area contributed by atoms with E-state index in [1.807, 2.05) is 13.8 Å². The maximum atomic E-state index is 13.6. The highest BCUT2D eigenvalue weighted by molar-refractivity contribution is 14.0. The SMILES string of the molecule is CCNC(=NCC(C)(C)NS(C)(=O)=O)NCC(C)Oc1ccccc1F.I. The van der Waals surface area contributed by atoms with E-state index in [2.05, 4.69) is 20.3 Å². The van der Waals surface area contributed by atoms with E-state index in [-0.39, 0.29) is 42.4 Å². The highest BCUT2D eigenvalue weighted by Crippen LogP contribution is 2.16. The molecular weight excluding hydrogens is 486 g/mol. The summed E-state index contributed by atoms with van der Waals surface area (Å²) in [5, 5.41) is 6.19. The zero-order valence-electron chi connectivity index (χ0n) is 16.4. The Morgan fingerprint density at radius 1 is 1.30 bits per heavy atom. The first kappa shape index (κ1) is 25.9. The van der Waals surface area contributed by atoms with Gasteiger partial charge in [0.05, 0.1) is 19.3 Å². The summed E-state index contributed by atoms with van der Waals surface area (Å²) in [5.41, 5.74) is -0.717. The van der Waals surface area contributed by atoms with Gasteiger partial charge in [0.25, 0.3) is 0 Å². The fourth-order valence-electron chi connectivity index (χ4n) is 2.19. The van der Waals surface area contributed by atoms with Crippen LogP contribution in [-0.2, 0) is 10.0 Å². The van der Waals surface area contributed by atoms with Crippen LogP contribution in [0.3, 0.4) is 0 Å². The lowest BCUT2D eigenvalue weighted by atomic mass is 10.1. The number of sulfonamides is 1. The lowest BCUT2D eigenvalue weighted by Crippen LogP contribution is -2.47. The second-order valence-corrected chi connectivity index (χ2v) is 8.44. The van der Waals surface area contributed by atoms with Crippen molar-refractivity contribution in [1.82, 2.24) is 15.4 Å². The quantitative estimate of drug-likeness (QED) is 0.266. The molecule has 0 bridgehead atoms. The molecule has 0 aromatic heterocycles. The number of halogens is 2. The molecule has 0 amide bonds. The number of rotatable bonds is 9. The summed E-state index contributed by atoms with van der Waals surface area (Å²) in [6.45, 7) is 8.55. The second kappa shape index (κ2) is 11.6. The monoisotopic (exact) mass is 516 g/mol. The molecule has 1 rings (SSSR count). The van der Waals surface area contributed by atoms with Crippen LogP contribution in [0.15, 0.2) is 29.3 Å². The van der Waals surface area contributed by atoms with Crippen molar-refractivity contribution < 1.29 is 17.5 Å². The van der Waals surface area contributed by atoms with Crippen molar-refractivity contribution in [2.45, 2.75) is 39.3 Å². The molecule has 10 heteroatoms. The smallest absolute Gasteiger partial charge is 0.209 e. The van der Waals surface area contributed by atoms with E-state index in [4.69, 9.17) is 4.74 Å². The standard InChI is InChI=1S/C17H29FN4O3S.HI/c1-6-19-16(21-12-17(3,4)22-26(5,23)24)20-11-13(2)25-15-10-8-7-9-14(15)18;/h7-10,13,22H,6,11-12H2,1-5H3,(H2,19,20,21);1H. The second-order valence-electron chi connectivity index (χ2n) is 6.69. The molecule has 0 saturated heterocycles. The van der Waals surface area contributed by atoms with E-state index in [1.165, 1.54) is 6.07 Å². The summed E-state index contributed by atoms with van der Waals surface area (Å²) in [6.07, 6.45) is 0.821. The molecule has 0 fully saturated rings. The van der Waals surface area contributed by atoms with E-state index >= 15 is 0 Å². The van der Waals surface area contributed by atoms with Gasteiger partial charge in [0.1, 0.15) is 6.10 Å². The Labute approximate surface area is 178 Å². The van der Waals surface area contributed by atoms with Gasteiger partial charge < -0.3 is 15.4 Å². The van der Waals surface area contributed by atoms with Crippen LogP contribution in [0.4, 0.5) is 4.39 Å². The Balaban J connectivity index is 0.00000676. The predicted molar refractivity (Wildman–Crippen MR) is 118 cm³/mol. The number of para-hydroxylation sites is 1. The Morgan fingerprint density at radius 2 is 1.93 bits per heavy atom. The Kier molecular flexibility index (Phi) is 11.2. The van der Waals surface area contributed by atoms with Crippen LogP contribution in [-0.4, -0.2) is 51.9 Å². The maximum Gasteiger partial charge on any atom is 0.209 e. The number of hydrogen-bond acceptors (Lipinski definition) is 4. The first-order valence-corrected chi connectivity index (χ1v) is 10.3. The minimum atomic E-state index is -3.32. The predicted octanol–water partition coefficient (Wildman–Crippen LogP) is 2.09. The van der Waals surface area contributed by atoms with E-state index in [1.54, 1.807) is 32.0 Å². The van der Waals surface area contributed by atoms with E-state index < -0.39 is 21.4 Å². The third-order valence-corrected chi connectivity index (χ3v) is 4.08. The molecule has 0 aliphatic rings. The molecule has 0 aliphatic heterocycles. The zero-order chi connectivity index (χ0) is 19.8. The van der Waals surface area contributed by atoms with Gasteiger partial charge in [-0.25, -0.2) is 17.5 Å². The van der Waals surface area contributed by atoms with Crippen molar-refractivity contribution in [3.63, 3.8) is 0 Å². The van der Waals surface area contributed by atoms with Crippen LogP contribution in [0, 0.1) is 5.82 Å². The summed E-state index contributed by atoms with van der Waals surface area (Å²) in [7, 11) is -3.32. The normalized spacial score (nSPS) is 13.5. The third-order valence-electron chi connectivity index (χ3n) is 3.16. The number of nitrogens with zero attached hydrogens (tertiary/aromatic N) is 1. The largest absolute Gasteiger partial charge is 0.486 e. The van der Waals surface area contributed by atoms with E-state index in [0.29, 0.717) is 19.0 Å². The highest BCUT2D eigenvalue weighted by Gasteiger charge is 2.22. The van der Waals surface area contributed by atoms with Gasteiger partial charge in [-0.3, -0.25) is 4.99 Å². The molecule has 3 N–H and O–H groups in total. The third kappa shape index (κ3) is 11.3. The number of aliphatic imine (C=N–C) groups is 1. The summed E-state index contributed by atoms with van der Waals surface area (Å²) in [5.74, 6) is 0.315. The number of ether oxygens (including phenoxy) is 1. The zero-order valence-corrected chi connectivity index (χ0v) is 19.5. The van der Waals surface area contributed by atoms with Gasteiger partial charge in [-0.05, 0) is 39.8 Å². The molecule has 156 valence electrons. The van der Waals surface area contributed by atoms with Crippen molar-refractivity contribution in [2.24, 2.45) is 4.99 Å². The lowest BCUT2D eigenvalue weighted by molar-refractivity contribution is 0.214. The number of hydrogen-bond donors (Lipinski definition) is 3. The molecule has 27 heavy (non-hydrogen) atoms. The number of nitrogens with one attached hydrogen (secondary N) is 3. The van der Waals surface area contributed by atoms with Crippen molar-refractivity contribution in [3.05, 3.63) is 30.1 Å². The van der Waals surface area contributed by atoms with Crippen LogP contribution < -0.4 is 20.1 Å². The van der Waals surface area contributed by atoms with Gasteiger partial charge in [-0.2, -0.15) is 0 Å². The van der Waals surface area contributed by atoms with Crippen molar-refractivity contribution in [1.29, 1.82) is 0 Å². The van der Waals surface area contributed by atoms with Gasteiger partial charge >= 0.3 is 0 Å². The van der Waals surface area contributed by atoms with Gasteiger partial charge in [-0.1, -0.05) is 12.1 Å². The summed E-state index contributed by atoms with van der Waals surface area (Å²) in [4.78, 5) is 4.40. The van der Waals surface area contributed by atoms with Gasteiger partial charge in [0, 0.05) is 12.1 Å². The Morgan fingerprint density at radius 3 is 2.48 bits per heavy atom. The molecule has 0 heterocycles. The Hall–Kier alpha value is -1.14. The summed E-state index contributed by atoms with van der Waals surface area (Å²) in [6, 6.07) is 6.23. The van der Waals surface area contributed by atoms with Crippen LogP contribution in [0.25, 0.3) is 0 Å². The van der Waals surface area contributed by atoms with Crippen molar-refractivity contribution in [2.75, 3.05) is 25.9 Å². The molecule has 1 unspecified atom stereocenters. The Bertz CT molecular complexity index is 714. The van der Waals surface area contributed by atoms with Crippen molar-refractivity contribution in [3.8, 4) is 5.75 Å². The minimum absolute atomic E-state index is 0. The topological polar surface area (TPSA) is 91.8 Å². The fraction of sp³-hybridized carbons (Fsp3) is 0.588. The molecule has 1 atom stereocenters. The minimum Gasteiger partial charge on any atom is -0.486 e. The first-order chi connectivity index (χ1) is 12.0. The van der Waals surface area contributed by atoms with Crippen LogP contribution in [0.2, 0.25) is 0 Å². The average molecular weight is 516 g/mol. The lowest BCUT2D eigenvalue weighted by Gasteiger charge is -2.24. The molecule has 0 radical (unpaired) electrons.